The van der Waals surface area contributed by atoms with Crippen molar-refractivity contribution in [3.63, 3.8) is 0 Å². The molecule has 3 aromatic carbocycles. The topological polar surface area (TPSA) is 58.5 Å². The minimum atomic E-state index is 0.320. The van der Waals surface area contributed by atoms with Crippen molar-refractivity contribution in [3.05, 3.63) is 91.6 Å². The van der Waals surface area contributed by atoms with Gasteiger partial charge >= 0.3 is 0 Å². The lowest BCUT2D eigenvalue weighted by Crippen LogP contribution is -1.98. The van der Waals surface area contributed by atoms with Crippen molar-refractivity contribution >= 4 is 54.7 Å². The summed E-state index contributed by atoms with van der Waals surface area (Å²) in [5.74, 6) is 1.73. The maximum absolute atomic E-state index is 9.34. The molecule has 6 heteroatoms. The van der Waals surface area contributed by atoms with Gasteiger partial charge < -0.3 is 9.15 Å². The molecule has 0 saturated heterocycles. The normalized spacial score (nSPS) is 11.2. The van der Waals surface area contributed by atoms with E-state index in [-0.39, 0.29) is 0 Å². The Kier molecular flexibility index (Phi) is 6.26. The van der Waals surface area contributed by atoms with Crippen molar-refractivity contribution in [3.8, 4) is 11.8 Å². The number of benzene rings is 3. The molecule has 1 aromatic heterocycles. The zero-order chi connectivity index (χ0) is 22.0. The molecule has 0 radical (unpaired) electrons. The molecule has 0 N–H and O–H groups in total. The minimum absolute atomic E-state index is 0.320. The van der Waals surface area contributed by atoms with Crippen molar-refractivity contribution in [2.75, 3.05) is 0 Å². The fraction of sp³-hybridized carbons (Fsp3) is 0.120. The molecule has 0 atom stereocenters. The van der Waals surface area contributed by atoms with E-state index in [1.807, 2.05) is 44.2 Å². The monoisotopic (exact) mass is 536 g/mol. The van der Waals surface area contributed by atoms with Crippen LogP contribution in [-0.2, 0) is 6.61 Å². The van der Waals surface area contributed by atoms with Crippen LogP contribution >= 0.6 is 31.9 Å². The fourth-order valence-corrected chi connectivity index (χ4v) is 4.78. The summed E-state index contributed by atoms with van der Waals surface area (Å²) in [5, 5.41) is 11.7. The van der Waals surface area contributed by atoms with Gasteiger partial charge in [0, 0.05) is 11.8 Å². The summed E-state index contributed by atoms with van der Waals surface area (Å²) in [6, 6.07) is 20.5. The van der Waals surface area contributed by atoms with Crippen molar-refractivity contribution in [2.24, 2.45) is 4.99 Å². The third-order valence-electron chi connectivity index (χ3n) is 5.08. The van der Waals surface area contributed by atoms with Crippen LogP contribution in [0.15, 0.2) is 73.0 Å². The van der Waals surface area contributed by atoms with E-state index in [1.54, 1.807) is 6.21 Å². The first-order valence-corrected chi connectivity index (χ1v) is 11.2. The summed E-state index contributed by atoms with van der Waals surface area (Å²) in [6.07, 6.45) is 1.67. The van der Waals surface area contributed by atoms with E-state index in [1.165, 1.54) is 10.8 Å². The largest absolute Gasteiger partial charge is 0.487 e. The van der Waals surface area contributed by atoms with Gasteiger partial charge in [-0.1, -0.05) is 42.5 Å². The molecule has 0 fully saturated rings. The first-order valence-electron chi connectivity index (χ1n) is 9.60. The first kappa shape index (κ1) is 21.4. The SMILES string of the molecule is Cc1oc(N=Cc2cc(Br)c(OCc3cccc4ccccc34)c(Br)c2)c(C#N)c1C. The standard InChI is InChI=1S/C25H18Br2N2O2/c1-15-16(2)31-25(21(15)12-28)29-13-17-10-22(26)24(23(27)11-17)30-14-19-8-5-7-18-6-3-4-9-20(18)19/h3-11,13H,14H2,1-2H3. The Hall–Kier alpha value is -2.88. The van der Waals surface area contributed by atoms with E-state index in [0.29, 0.717) is 29.6 Å². The molecule has 0 aliphatic heterocycles. The third kappa shape index (κ3) is 4.43. The molecule has 0 spiro atoms. The Bertz CT molecular complexity index is 1320. The Labute approximate surface area is 197 Å². The van der Waals surface area contributed by atoms with Gasteiger partial charge in [0.1, 0.15) is 29.7 Å². The molecule has 0 bridgehead atoms. The second kappa shape index (κ2) is 9.09. The molecular weight excluding hydrogens is 520 g/mol. The number of nitrogens with zero attached hydrogens (tertiary/aromatic N) is 2. The van der Waals surface area contributed by atoms with Gasteiger partial charge in [0.05, 0.1) is 8.95 Å². The van der Waals surface area contributed by atoms with Crippen LogP contribution in [0.5, 0.6) is 5.75 Å². The Balaban J connectivity index is 1.56. The zero-order valence-corrected chi connectivity index (χ0v) is 20.1. The first-order chi connectivity index (χ1) is 15.0. The summed E-state index contributed by atoms with van der Waals surface area (Å²) in [7, 11) is 0. The van der Waals surface area contributed by atoms with Gasteiger partial charge in [0.2, 0.25) is 5.88 Å². The van der Waals surface area contributed by atoms with Crippen LogP contribution in [0, 0.1) is 25.2 Å². The zero-order valence-electron chi connectivity index (χ0n) is 16.9. The van der Waals surface area contributed by atoms with Crippen LogP contribution in [0.3, 0.4) is 0 Å². The molecule has 0 saturated carbocycles. The number of aryl methyl sites for hydroxylation is 1. The summed E-state index contributed by atoms with van der Waals surface area (Å²) >= 11 is 7.20. The molecule has 31 heavy (non-hydrogen) atoms. The fourth-order valence-electron chi connectivity index (χ4n) is 3.32. The number of fused-ring (bicyclic) bond motifs is 1. The van der Waals surface area contributed by atoms with Gasteiger partial charge in [0.25, 0.3) is 0 Å². The molecule has 1 heterocycles. The number of aliphatic imine (C=N–C) groups is 1. The molecule has 154 valence electrons. The maximum Gasteiger partial charge on any atom is 0.237 e. The van der Waals surface area contributed by atoms with Gasteiger partial charge in [0.15, 0.2) is 0 Å². The van der Waals surface area contributed by atoms with Gasteiger partial charge in [-0.25, -0.2) is 4.99 Å². The van der Waals surface area contributed by atoms with Gasteiger partial charge in [-0.05, 0) is 79.7 Å². The molecule has 0 aliphatic rings. The quantitative estimate of drug-likeness (QED) is 0.244. The third-order valence-corrected chi connectivity index (χ3v) is 6.26. The smallest absolute Gasteiger partial charge is 0.237 e. The molecule has 0 unspecified atom stereocenters. The number of halogens is 2. The van der Waals surface area contributed by atoms with E-state index in [9.17, 15) is 5.26 Å². The maximum atomic E-state index is 9.34. The van der Waals surface area contributed by atoms with Crippen LogP contribution < -0.4 is 4.74 Å². The number of ether oxygens (including phenoxy) is 1. The highest BCUT2D eigenvalue weighted by molar-refractivity contribution is 9.11. The lowest BCUT2D eigenvalue weighted by atomic mass is 10.1. The molecule has 0 amide bonds. The number of rotatable bonds is 5. The summed E-state index contributed by atoms with van der Waals surface area (Å²) in [6.45, 7) is 4.12. The Morgan fingerprint density at radius 3 is 2.52 bits per heavy atom. The molecule has 0 aliphatic carbocycles. The predicted octanol–water partition coefficient (Wildman–Crippen LogP) is 7.78. The van der Waals surface area contributed by atoms with Crippen molar-refractivity contribution in [2.45, 2.75) is 20.5 Å². The van der Waals surface area contributed by atoms with Crippen LogP contribution in [0.1, 0.15) is 28.0 Å². The van der Waals surface area contributed by atoms with E-state index in [2.05, 4.69) is 67.2 Å². The van der Waals surface area contributed by atoms with E-state index in [0.717, 1.165) is 25.6 Å². The second-order valence-corrected chi connectivity index (χ2v) is 8.78. The van der Waals surface area contributed by atoms with Crippen molar-refractivity contribution < 1.29 is 9.15 Å². The molecule has 4 rings (SSSR count). The van der Waals surface area contributed by atoms with Crippen molar-refractivity contribution in [1.29, 1.82) is 5.26 Å². The lowest BCUT2D eigenvalue weighted by Gasteiger charge is -2.13. The highest BCUT2D eigenvalue weighted by atomic mass is 79.9. The van der Waals surface area contributed by atoms with Crippen LogP contribution in [-0.4, -0.2) is 6.21 Å². The highest BCUT2D eigenvalue weighted by Crippen LogP contribution is 2.36. The number of hydrogen-bond donors (Lipinski definition) is 0. The van der Waals surface area contributed by atoms with E-state index < -0.39 is 0 Å². The summed E-state index contributed by atoms with van der Waals surface area (Å²) in [4.78, 5) is 4.37. The summed E-state index contributed by atoms with van der Waals surface area (Å²) < 4.78 is 13.3. The molecule has 4 nitrogen and oxygen atoms in total. The van der Waals surface area contributed by atoms with Crippen LogP contribution in [0.2, 0.25) is 0 Å². The van der Waals surface area contributed by atoms with Gasteiger partial charge in [-0.15, -0.1) is 0 Å². The average molecular weight is 538 g/mol. The van der Waals surface area contributed by atoms with Crippen LogP contribution in [0.25, 0.3) is 10.8 Å². The van der Waals surface area contributed by atoms with E-state index in [4.69, 9.17) is 9.15 Å². The summed E-state index contributed by atoms with van der Waals surface area (Å²) in [5.41, 5.74) is 3.23. The number of nitriles is 1. The second-order valence-electron chi connectivity index (χ2n) is 7.07. The Morgan fingerprint density at radius 2 is 1.77 bits per heavy atom. The number of hydrogen-bond acceptors (Lipinski definition) is 4. The van der Waals surface area contributed by atoms with Crippen molar-refractivity contribution in [1.82, 2.24) is 0 Å². The molecule has 4 aromatic rings. The average Bonchev–Trinajstić information content (AvgIpc) is 3.04. The number of furan rings is 1. The van der Waals surface area contributed by atoms with E-state index >= 15 is 0 Å². The van der Waals surface area contributed by atoms with Crippen LogP contribution in [0.4, 0.5) is 5.88 Å². The minimum Gasteiger partial charge on any atom is -0.487 e. The lowest BCUT2D eigenvalue weighted by molar-refractivity contribution is 0.303. The predicted molar refractivity (Wildman–Crippen MR) is 130 cm³/mol. The Morgan fingerprint density at radius 1 is 1.06 bits per heavy atom. The van der Waals surface area contributed by atoms with Gasteiger partial charge in [-0.2, -0.15) is 5.26 Å². The molecular formula is C25H18Br2N2O2. The highest BCUT2D eigenvalue weighted by Gasteiger charge is 2.14. The van der Waals surface area contributed by atoms with Gasteiger partial charge in [-0.3, -0.25) is 0 Å².